The Balaban J connectivity index is 2.47. The maximum absolute atomic E-state index is 13.6. The molecule has 0 saturated carbocycles. The van der Waals surface area contributed by atoms with Crippen molar-refractivity contribution in [2.24, 2.45) is 0 Å². The van der Waals surface area contributed by atoms with Gasteiger partial charge in [-0.2, -0.15) is 0 Å². The van der Waals surface area contributed by atoms with Crippen molar-refractivity contribution >= 4 is 11.5 Å². The van der Waals surface area contributed by atoms with Gasteiger partial charge in [-0.3, -0.25) is 4.79 Å². The number of ether oxygens (including phenoxy) is 1. The first-order valence-corrected chi connectivity index (χ1v) is 6.31. The topological polar surface area (TPSA) is 49.8 Å². The SMILES string of the molecule is CC(=O)c1cc(F)c(C)cc1N1CCOCC1CO. The Morgan fingerprint density at radius 3 is 2.95 bits per heavy atom. The Morgan fingerprint density at radius 1 is 1.58 bits per heavy atom. The van der Waals surface area contributed by atoms with Crippen LogP contribution in [0.25, 0.3) is 0 Å². The number of carbonyl (C=O) groups is 1. The highest BCUT2D eigenvalue weighted by molar-refractivity contribution is 6.00. The highest BCUT2D eigenvalue weighted by Gasteiger charge is 2.26. The summed E-state index contributed by atoms with van der Waals surface area (Å²) < 4.78 is 18.9. The van der Waals surface area contributed by atoms with Crippen LogP contribution in [0.1, 0.15) is 22.8 Å². The molecule has 4 nitrogen and oxygen atoms in total. The smallest absolute Gasteiger partial charge is 0.161 e. The van der Waals surface area contributed by atoms with Crippen molar-refractivity contribution in [3.05, 3.63) is 29.1 Å². The number of hydrogen-bond acceptors (Lipinski definition) is 4. The number of Topliss-reactive ketones (excluding diaryl/α,β-unsaturated/α-hetero) is 1. The summed E-state index contributed by atoms with van der Waals surface area (Å²) in [6, 6.07) is 2.74. The van der Waals surface area contributed by atoms with Crippen LogP contribution in [0.4, 0.5) is 10.1 Å². The monoisotopic (exact) mass is 267 g/mol. The molecule has 5 heteroatoms. The second-order valence-electron chi connectivity index (χ2n) is 4.78. The largest absolute Gasteiger partial charge is 0.394 e. The lowest BCUT2D eigenvalue weighted by molar-refractivity contribution is 0.0724. The second-order valence-corrected chi connectivity index (χ2v) is 4.78. The molecule has 0 aliphatic carbocycles. The number of morpholine rings is 1. The molecule has 1 aliphatic rings. The number of halogens is 1. The molecule has 1 aliphatic heterocycles. The number of carbonyl (C=O) groups excluding carboxylic acids is 1. The first kappa shape index (κ1) is 14.0. The molecular formula is C14H18FNO3. The van der Waals surface area contributed by atoms with Crippen LogP contribution in [0.5, 0.6) is 0 Å². The van der Waals surface area contributed by atoms with E-state index < -0.39 is 0 Å². The van der Waals surface area contributed by atoms with Gasteiger partial charge in [0, 0.05) is 17.8 Å². The van der Waals surface area contributed by atoms with Crippen LogP contribution >= 0.6 is 0 Å². The summed E-state index contributed by atoms with van der Waals surface area (Å²) in [7, 11) is 0. The molecule has 1 N–H and O–H groups in total. The van der Waals surface area contributed by atoms with Crippen molar-refractivity contribution in [3.63, 3.8) is 0 Å². The zero-order valence-electron chi connectivity index (χ0n) is 11.1. The maximum Gasteiger partial charge on any atom is 0.161 e. The Morgan fingerprint density at radius 2 is 2.32 bits per heavy atom. The van der Waals surface area contributed by atoms with Gasteiger partial charge in [0.1, 0.15) is 5.82 Å². The molecule has 104 valence electrons. The highest BCUT2D eigenvalue weighted by Crippen LogP contribution is 2.27. The summed E-state index contributed by atoms with van der Waals surface area (Å²) in [5.41, 5.74) is 1.51. The summed E-state index contributed by atoms with van der Waals surface area (Å²) in [6.45, 7) is 4.54. The number of ketones is 1. The predicted octanol–water partition coefficient (Wildman–Crippen LogP) is 1.53. The van der Waals surface area contributed by atoms with Crippen molar-refractivity contribution in [2.75, 3.05) is 31.3 Å². The van der Waals surface area contributed by atoms with Crippen LogP contribution in [0.15, 0.2) is 12.1 Å². The number of rotatable bonds is 3. The number of nitrogens with zero attached hydrogens (tertiary/aromatic N) is 1. The molecule has 1 fully saturated rings. The van der Waals surface area contributed by atoms with Crippen LogP contribution in [0.2, 0.25) is 0 Å². The van der Waals surface area contributed by atoms with E-state index in [0.717, 1.165) is 0 Å². The van der Waals surface area contributed by atoms with Crippen LogP contribution in [0, 0.1) is 12.7 Å². The number of aryl methyl sites for hydroxylation is 1. The van der Waals surface area contributed by atoms with E-state index in [9.17, 15) is 14.3 Å². The van der Waals surface area contributed by atoms with Gasteiger partial charge in [0.25, 0.3) is 0 Å². The number of benzene rings is 1. The lowest BCUT2D eigenvalue weighted by Crippen LogP contribution is -2.48. The Kier molecular flexibility index (Phi) is 4.17. The minimum Gasteiger partial charge on any atom is -0.394 e. The van der Waals surface area contributed by atoms with Gasteiger partial charge in [0.05, 0.1) is 25.9 Å². The Hall–Kier alpha value is -1.46. The summed E-state index contributed by atoms with van der Waals surface area (Å²) >= 11 is 0. The van der Waals surface area contributed by atoms with Gasteiger partial charge in [-0.15, -0.1) is 0 Å². The molecule has 1 saturated heterocycles. The fourth-order valence-corrected chi connectivity index (χ4v) is 2.31. The quantitative estimate of drug-likeness (QED) is 0.844. The summed E-state index contributed by atoms with van der Waals surface area (Å²) in [5, 5.41) is 9.40. The molecule has 0 amide bonds. The zero-order chi connectivity index (χ0) is 14.0. The summed E-state index contributed by atoms with van der Waals surface area (Å²) in [5.74, 6) is -0.570. The van der Waals surface area contributed by atoms with E-state index in [1.54, 1.807) is 13.0 Å². The molecular weight excluding hydrogens is 249 g/mol. The van der Waals surface area contributed by atoms with E-state index in [2.05, 4.69) is 0 Å². The molecule has 2 rings (SSSR count). The molecule has 1 aromatic carbocycles. The third kappa shape index (κ3) is 2.77. The molecule has 0 spiro atoms. The van der Waals surface area contributed by atoms with E-state index in [1.165, 1.54) is 13.0 Å². The minimum atomic E-state index is -0.386. The van der Waals surface area contributed by atoms with Crippen LogP contribution < -0.4 is 4.90 Å². The van der Waals surface area contributed by atoms with E-state index >= 15 is 0 Å². The van der Waals surface area contributed by atoms with Gasteiger partial charge in [-0.05, 0) is 31.5 Å². The van der Waals surface area contributed by atoms with Crippen molar-refractivity contribution < 1.29 is 19.0 Å². The van der Waals surface area contributed by atoms with Gasteiger partial charge < -0.3 is 14.7 Å². The third-order valence-corrected chi connectivity index (χ3v) is 3.40. The number of aliphatic hydroxyl groups is 1. The lowest BCUT2D eigenvalue weighted by Gasteiger charge is -2.37. The highest BCUT2D eigenvalue weighted by atomic mass is 19.1. The van der Waals surface area contributed by atoms with Crippen LogP contribution in [-0.2, 0) is 4.74 Å². The number of hydrogen-bond donors (Lipinski definition) is 1. The first-order chi connectivity index (χ1) is 9.04. The standard InChI is InChI=1S/C14H18FNO3/c1-9-5-14(12(10(2)18)6-13(9)15)16-3-4-19-8-11(16)7-17/h5-6,11,17H,3-4,7-8H2,1-2H3. The normalized spacial score (nSPS) is 19.6. The lowest BCUT2D eigenvalue weighted by atomic mass is 10.0. The van der Waals surface area contributed by atoms with E-state index in [1.807, 2.05) is 4.90 Å². The van der Waals surface area contributed by atoms with Crippen molar-refractivity contribution in [1.82, 2.24) is 0 Å². The molecule has 0 aromatic heterocycles. The second kappa shape index (κ2) is 5.67. The molecule has 19 heavy (non-hydrogen) atoms. The average Bonchev–Trinajstić information content (AvgIpc) is 2.41. The van der Waals surface area contributed by atoms with Gasteiger partial charge in [-0.1, -0.05) is 0 Å². The number of aliphatic hydroxyl groups excluding tert-OH is 1. The molecule has 1 unspecified atom stereocenters. The predicted molar refractivity (Wildman–Crippen MR) is 70.2 cm³/mol. The van der Waals surface area contributed by atoms with Crippen molar-refractivity contribution in [1.29, 1.82) is 0 Å². The van der Waals surface area contributed by atoms with Crippen LogP contribution in [0.3, 0.4) is 0 Å². The fraction of sp³-hybridized carbons (Fsp3) is 0.500. The molecule has 1 heterocycles. The third-order valence-electron chi connectivity index (χ3n) is 3.40. The zero-order valence-corrected chi connectivity index (χ0v) is 11.1. The molecule has 1 atom stereocenters. The minimum absolute atomic E-state index is 0.0617. The van der Waals surface area contributed by atoms with Gasteiger partial charge in [0.2, 0.25) is 0 Å². The van der Waals surface area contributed by atoms with Crippen molar-refractivity contribution in [2.45, 2.75) is 19.9 Å². The first-order valence-electron chi connectivity index (χ1n) is 6.31. The summed E-state index contributed by atoms with van der Waals surface area (Å²) in [4.78, 5) is 13.6. The summed E-state index contributed by atoms with van der Waals surface area (Å²) in [6.07, 6.45) is 0. The van der Waals surface area contributed by atoms with Gasteiger partial charge in [-0.25, -0.2) is 4.39 Å². The number of anilines is 1. The van der Waals surface area contributed by atoms with E-state index in [-0.39, 0.29) is 24.2 Å². The van der Waals surface area contributed by atoms with Gasteiger partial charge >= 0.3 is 0 Å². The maximum atomic E-state index is 13.6. The molecule has 0 radical (unpaired) electrons. The Bertz CT molecular complexity index is 490. The van der Waals surface area contributed by atoms with Crippen LogP contribution in [-0.4, -0.2) is 43.3 Å². The average molecular weight is 267 g/mol. The van der Waals surface area contributed by atoms with Crippen molar-refractivity contribution in [3.8, 4) is 0 Å². The van der Waals surface area contributed by atoms with E-state index in [4.69, 9.17) is 4.74 Å². The van der Waals surface area contributed by atoms with E-state index in [0.29, 0.717) is 36.6 Å². The molecule has 1 aromatic rings. The molecule has 0 bridgehead atoms. The Labute approximate surface area is 111 Å². The fourth-order valence-electron chi connectivity index (χ4n) is 2.31. The van der Waals surface area contributed by atoms with Gasteiger partial charge in [0.15, 0.2) is 5.78 Å².